The highest BCUT2D eigenvalue weighted by atomic mass is 16.5. The second-order valence-corrected chi connectivity index (χ2v) is 6.53. The lowest BCUT2D eigenvalue weighted by Crippen LogP contribution is -2.29. The maximum atomic E-state index is 5.77. The Balaban J connectivity index is 2.07. The zero-order valence-corrected chi connectivity index (χ0v) is 13.3. The van der Waals surface area contributed by atoms with Crippen LogP contribution in [0.1, 0.15) is 58.9 Å². The van der Waals surface area contributed by atoms with Crippen molar-refractivity contribution in [3.05, 3.63) is 24.0 Å². The largest absolute Gasteiger partial charge is 0.489 e. The number of nitrogens with zero attached hydrogens (tertiary/aromatic N) is 1. The Morgan fingerprint density at radius 2 is 2.25 bits per heavy atom. The second-order valence-electron chi connectivity index (χ2n) is 6.53. The highest BCUT2D eigenvalue weighted by Crippen LogP contribution is 2.41. The molecule has 0 aliphatic heterocycles. The van der Waals surface area contributed by atoms with Gasteiger partial charge in [-0.2, -0.15) is 0 Å². The van der Waals surface area contributed by atoms with Crippen LogP contribution in [0.25, 0.3) is 0 Å². The number of nitrogens with one attached hydrogen (secondary N) is 1. The Morgan fingerprint density at radius 3 is 2.95 bits per heavy atom. The molecule has 1 fully saturated rings. The molecule has 20 heavy (non-hydrogen) atoms. The van der Waals surface area contributed by atoms with E-state index in [1.807, 2.05) is 12.4 Å². The van der Waals surface area contributed by atoms with Crippen LogP contribution in [-0.2, 0) is 5.41 Å². The van der Waals surface area contributed by atoms with Crippen molar-refractivity contribution < 1.29 is 4.74 Å². The van der Waals surface area contributed by atoms with Crippen LogP contribution in [0.5, 0.6) is 5.75 Å². The second kappa shape index (κ2) is 6.57. The maximum absolute atomic E-state index is 5.77. The molecule has 1 aliphatic carbocycles. The van der Waals surface area contributed by atoms with E-state index in [2.05, 4.69) is 44.1 Å². The van der Waals surface area contributed by atoms with Crippen LogP contribution in [0.15, 0.2) is 18.5 Å². The van der Waals surface area contributed by atoms with Gasteiger partial charge in [-0.05, 0) is 63.1 Å². The molecule has 1 N–H and O–H groups in total. The summed E-state index contributed by atoms with van der Waals surface area (Å²) in [6.07, 6.45) is 8.89. The van der Waals surface area contributed by atoms with Gasteiger partial charge in [0.1, 0.15) is 5.75 Å². The van der Waals surface area contributed by atoms with Gasteiger partial charge in [0.2, 0.25) is 0 Å². The first-order valence-electron chi connectivity index (χ1n) is 7.89. The van der Waals surface area contributed by atoms with Gasteiger partial charge < -0.3 is 10.1 Å². The molecule has 2 unspecified atom stereocenters. The molecule has 0 aromatic carbocycles. The van der Waals surface area contributed by atoms with Gasteiger partial charge in [0.05, 0.1) is 12.3 Å². The monoisotopic (exact) mass is 276 g/mol. The molecule has 0 saturated heterocycles. The summed E-state index contributed by atoms with van der Waals surface area (Å²) in [6, 6.07) is 2.82. The minimum atomic E-state index is 0.197. The Kier molecular flexibility index (Phi) is 5.03. The molecule has 1 saturated carbocycles. The molecular weight excluding hydrogens is 248 g/mol. The van der Waals surface area contributed by atoms with Gasteiger partial charge >= 0.3 is 0 Å². The Labute approximate surface area is 123 Å². The summed E-state index contributed by atoms with van der Waals surface area (Å²) >= 11 is 0. The van der Waals surface area contributed by atoms with E-state index < -0.39 is 0 Å². The van der Waals surface area contributed by atoms with Crippen molar-refractivity contribution in [2.45, 2.75) is 70.9 Å². The number of rotatable bonds is 6. The Morgan fingerprint density at radius 1 is 1.45 bits per heavy atom. The van der Waals surface area contributed by atoms with Crippen molar-refractivity contribution in [2.24, 2.45) is 0 Å². The normalized spacial score (nSPS) is 26.1. The van der Waals surface area contributed by atoms with E-state index in [1.54, 1.807) is 0 Å². The SMILES string of the molecule is CCCNC1CCC(C)(c2cncc(OC(C)C)c2)C1. The Hall–Kier alpha value is -1.09. The van der Waals surface area contributed by atoms with Crippen molar-refractivity contribution in [3.8, 4) is 5.75 Å². The van der Waals surface area contributed by atoms with Crippen LogP contribution in [0, 0.1) is 0 Å². The summed E-state index contributed by atoms with van der Waals surface area (Å²) in [5, 5.41) is 3.65. The molecule has 1 aliphatic rings. The predicted octanol–water partition coefficient (Wildman–Crippen LogP) is 3.68. The summed E-state index contributed by atoms with van der Waals surface area (Å²) in [5.41, 5.74) is 1.55. The van der Waals surface area contributed by atoms with Crippen molar-refractivity contribution in [2.75, 3.05) is 6.54 Å². The quantitative estimate of drug-likeness (QED) is 0.860. The summed E-state index contributed by atoms with van der Waals surface area (Å²) in [7, 11) is 0. The van der Waals surface area contributed by atoms with E-state index in [0.29, 0.717) is 6.04 Å². The van der Waals surface area contributed by atoms with E-state index >= 15 is 0 Å². The van der Waals surface area contributed by atoms with Gasteiger partial charge in [-0.25, -0.2) is 0 Å². The van der Waals surface area contributed by atoms with Crippen molar-refractivity contribution >= 4 is 0 Å². The zero-order chi connectivity index (χ0) is 14.6. The third-order valence-electron chi connectivity index (χ3n) is 4.21. The van der Waals surface area contributed by atoms with Gasteiger partial charge in [0, 0.05) is 12.2 Å². The topological polar surface area (TPSA) is 34.2 Å². The third-order valence-corrected chi connectivity index (χ3v) is 4.21. The van der Waals surface area contributed by atoms with Crippen LogP contribution >= 0.6 is 0 Å². The minimum Gasteiger partial charge on any atom is -0.489 e. The highest BCUT2D eigenvalue weighted by Gasteiger charge is 2.36. The fourth-order valence-electron chi connectivity index (χ4n) is 3.11. The fraction of sp³-hybridized carbons (Fsp3) is 0.706. The summed E-state index contributed by atoms with van der Waals surface area (Å²) in [5.74, 6) is 0.892. The van der Waals surface area contributed by atoms with Crippen molar-refractivity contribution in [1.82, 2.24) is 10.3 Å². The molecule has 3 nitrogen and oxygen atoms in total. The number of hydrogen-bond acceptors (Lipinski definition) is 3. The summed E-state index contributed by atoms with van der Waals surface area (Å²) in [6.45, 7) is 9.80. The van der Waals surface area contributed by atoms with E-state index in [-0.39, 0.29) is 11.5 Å². The molecule has 0 spiro atoms. The Bertz CT molecular complexity index is 433. The minimum absolute atomic E-state index is 0.197. The molecule has 0 amide bonds. The molecule has 1 heterocycles. The van der Waals surface area contributed by atoms with Crippen LogP contribution < -0.4 is 10.1 Å². The van der Waals surface area contributed by atoms with Gasteiger partial charge in [-0.15, -0.1) is 0 Å². The van der Waals surface area contributed by atoms with E-state index in [9.17, 15) is 0 Å². The molecule has 0 bridgehead atoms. The maximum Gasteiger partial charge on any atom is 0.138 e. The number of aromatic nitrogens is 1. The predicted molar refractivity (Wildman–Crippen MR) is 83.3 cm³/mol. The van der Waals surface area contributed by atoms with Crippen LogP contribution in [0.3, 0.4) is 0 Å². The van der Waals surface area contributed by atoms with Crippen LogP contribution in [0.4, 0.5) is 0 Å². The lowest BCUT2D eigenvalue weighted by atomic mass is 9.81. The molecule has 3 heteroatoms. The van der Waals surface area contributed by atoms with Crippen LogP contribution in [0.2, 0.25) is 0 Å². The summed E-state index contributed by atoms with van der Waals surface area (Å²) < 4.78 is 5.77. The first-order chi connectivity index (χ1) is 9.53. The van der Waals surface area contributed by atoms with Crippen molar-refractivity contribution in [3.63, 3.8) is 0 Å². The molecule has 0 radical (unpaired) electrons. The number of pyridine rings is 1. The molecule has 112 valence electrons. The van der Waals surface area contributed by atoms with E-state index in [0.717, 1.165) is 12.3 Å². The third kappa shape index (κ3) is 3.72. The lowest BCUT2D eigenvalue weighted by Gasteiger charge is -2.25. The van der Waals surface area contributed by atoms with Crippen molar-refractivity contribution in [1.29, 1.82) is 0 Å². The first kappa shape index (κ1) is 15.3. The van der Waals surface area contributed by atoms with E-state index in [1.165, 1.54) is 31.2 Å². The smallest absolute Gasteiger partial charge is 0.138 e. The van der Waals surface area contributed by atoms with Gasteiger partial charge in [-0.3, -0.25) is 4.98 Å². The average molecular weight is 276 g/mol. The fourth-order valence-corrected chi connectivity index (χ4v) is 3.11. The summed E-state index contributed by atoms with van der Waals surface area (Å²) in [4.78, 5) is 4.37. The lowest BCUT2D eigenvalue weighted by molar-refractivity contribution is 0.240. The van der Waals surface area contributed by atoms with Gasteiger partial charge in [-0.1, -0.05) is 13.8 Å². The van der Waals surface area contributed by atoms with Gasteiger partial charge in [0.15, 0.2) is 0 Å². The van der Waals surface area contributed by atoms with Crippen LogP contribution in [-0.4, -0.2) is 23.7 Å². The molecular formula is C17H28N2O. The standard InChI is InChI=1S/C17H28N2O/c1-5-8-19-15-6-7-17(4,10-15)14-9-16(12-18-11-14)20-13(2)3/h9,11-13,15,19H,5-8,10H2,1-4H3. The molecule has 1 aromatic rings. The highest BCUT2D eigenvalue weighted by molar-refractivity contribution is 5.31. The molecule has 1 aromatic heterocycles. The number of hydrogen-bond donors (Lipinski definition) is 1. The zero-order valence-electron chi connectivity index (χ0n) is 13.3. The van der Waals surface area contributed by atoms with Gasteiger partial charge in [0.25, 0.3) is 0 Å². The first-order valence-corrected chi connectivity index (χ1v) is 7.89. The molecule has 2 atom stereocenters. The molecule has 2 rings (SSSR count). The average Bonchev–Trinajstić information content (AvgIpc) is 2.79. The number of ether oxygens (including phenoxy) is 1. The van der Waals surface area contributed by atoms with E-state index in [4.69, 9.17) is 4.74 Å².